The fourth-order valence-corrected chi connectivity index (χ4v) is 3.09. The average molecular weight is 424 g/mol. The Balaban J connectivity index is 1.45. The van der Waals surface area contributed by atoms with Crippen LogP contribution in [0.3, 0.4) is 0 Å². The first-order valence-corrected chi connectivity index (χ1v) is 9.37. The normalized spacial score (nSPS) is 14.5. The van der Waals surface area contributed by atoms with Crippen molar-refractivity contribution in [1.82, 2.24) is 9.80 Å². The number of carbonyl (C=O) groups excluding carboxylic acids is 2. The molecule has 5 nitrogen and oxygen atoms in total. The lowest BCUT2D eigenvalue weighted by atomic mass is 10.1. The number of halogens is 4. The van der Waals surface area contributed by atoms with Gasteiger partial charge in [0.05, 0.1) is 18.6 Å². The van der Waals surface area contributed by atoms with Crippen LogP contribution >= 0.6 is 0 Å². The van der Waals surface area contributed by atoms with Crippen molar-refractivity contribution in [2.45, 2.75) is 12.6 Å². The lowest BCUT2D eigenvalue weighted by Gasteiger charge is -2.35. The standard InChI is InChI=1S/C21H20F4N2O3/c22-17-5-7-18(8-6-17)30-14-9-19(28)26-10-12-27(13-11-26)20(29)15-1-3-16(4-2-15)21(23,24)25/h1-8H,9-14H2. The van der Waals surface area contributed by atoms with Crippen LogP contribution in [0.1, 0.15) is 22.3 Å². The summed E-state index contributed by atoms with van der Waals surface area (Å²) < 4.78 is 56.2. The number of hydrogen-bond acceptors (Lipinski definition) is 3. The maximum absolute atomic E-state index is 12.9. The first kappa shape index (κ1) is 21.6. The molecule has 160 valence electrons. The van der Waals surface area contributed by atoms with Crippen LogP contribution in [0.15, 0.2) is 48.5 Å². The second kappa shape index (κ2) is 9.15. The van der Waals surface area contributed by atoms with Gasteiger partial charge in [0.2, 0.25) is 5.91 Å². The molecular weight excluding hydrogens is 404 g/mol. The summed E-state index contributed by atoms with van der Waals surface area (Å²) in [6, 6.07) is 9.58. The van der Waals surface area contributed by atoms with Crippen LogP contribution in [0.5, 0.6) is 5.75 Å². The number of piperazine rings is 1. The topological polar surface area (TPSA) is 49.9 Å². The van der Waals surface area contributed by atoms with Crippen LogP contribution in [0.25, 0.3) is 0 Å². The van der Waals surface area contributed by atoms with Crippen LogP contribution in [0.2, 0.25) is 0 Å². The molecule has 2 aromatic carbocycles. The Bertz CT molecular complexity index is 875. The molecule has 0 bridgehead atoms. The quantitative estimate of drug-likeness (QED) is 0.690. The molecule has 0 spiro atoms. The first-order valence-electron chi connectivity index (χ1n) is 9.37. The predicted octanol–water partition coefficient (Wildman–Crippen LogP) is 3.60. The van der Waals surface area contributed by atoms with Crippen molar-refractivity contribution in [2.24, 2.45) is 0 Å². The lowest BCUT2D eigenvalue weighted by molar-refractivity contribution is -0.137. The van der Waals surface area contributed by atoms with Gasteiger partial charge in [-0.3, -0.25) is 9.59 Å². The highest BCUT2D eigenvalue weighted by molar-refractivity contribution is 5.94. The van der Waals surface area contributed by atoms with Gasteiger partial charge < -0.3 is 14.5 Å². The SMILES string of the molecule is O=C(CCOc1ccc(F)cc1)N1CCN(C(=O)c2ccc(C(F)(F)F)cc2)CC1. The summed E-state index contributed by atoms with van der Waals surface area (Å²) in [5.74, 6) is -0.396. The predicted molar refractivity (Wildman–Crippen MR) is 100 cm³/mol. The van der Waals surface area contributed by atoms with Gasteiger partial charge in [0.25, 0.3) is 5.91 Å². The van der Waals surface area contributed by atoms with Crippen LogP contribution in [0, 0.1) is 5.82 Å². The van der Waals surface area contributed by atoms with Crippen molar-refractivity contribution in [3.8, 4) is 5.75 Å². The van der Waals surface area contributed by atoms with E-state index in [1.54, 1.807) is 4.90 Å². The van der Waals surface area contributed by atoms with Crippen molar-refractivity contribution in [3.05, 3.63) is 65.5 Å². The van der Waals surface area contributed by atoms with Crippen LogP contribution in [-0.4, -0.2) is 54.4 Å². The minimum atomic E-state index is -4.45. The Hall–Kier alpha value is -3.10. The molecule has 0 saturated carbocycles. The van der Waals surface area contributed by atoms with Gasteiger partial charge in [0, 0.05) is 31.7 Å². The molecule has 0 N–H and O–H groups in total. The summed E-state index contributed by atoms with van der Waals surface area (Å²) >= 11 is 0. The van der Waals surface area contributed by atoms with E-state index in [1.807, 2.05) is 0 Å². The number of ether oxygens (including phenoxy) is 1. The molecule has 1 aliphatic heterocycles. The minimum absolute atomic E-state index is 0.126. The molecule has 1 aliphatic rings. The van der Waals surface area contributed by atoms with Crippen molar-refractivity contribution in [3.63, 3.8) is 0 Å². The molecular formula is C21H20F4N2O3. The van der Waals surface area contributed by atoms with Crippen molar-refractivity contribution in [2.75, 3.05) is 32.8 Å². The summed E-state index contributed by atoms with van der Waals surface area (Å²) in [7, 11) is 0. The fraction of sp³-hybridized carbons (Fsp3) is 0.333. The Morgan fingerprint density at radius 3 is 2.00 bits per heavy atom. The third kappa shape index (κ3) is 5.49. The zero-order valence-electron chi connectivity index (χ0n) is 16.0. The van der Waals surface area contributed by atoms with E-state index in [2.05, 4.69) is 0 Å². The van der Waals surface area contributed by atoms with E-state index in [9.17, 15) is 27.2 Å². The molecule has 0 radical (unpaired) electrons. The number of rotatable bonds is 5. The largest absolute Gasteiger partial charge is 0.493 e. The van der Waals surface area contributed by atoms with Gasteiger partial charge in [0.1, 0.15) is 11.6 Å². The summed E-state index contributed by atoms with van der Waals surface area (Å²) in [6.45, 7) is 1.41. The van der Waals surface area contributed by atoms with Gasteiger partial charge in [-0.05, 0) is 48.5 Å². The van der Waals surface area contributed by atoms with Crippen LogP contribution in [0.4, 0.5) is 17.6 Å². The third-order valence-corrected chi connectivity index (χ3v) is 4.78. The average Bonchev–Trinajstić information content (AvgIpc) is 2.74. The van der Waals surface area contributed by atoms with Gasteiger partial charge in [-0.2, -0.15) is 13.2 Å². The monoisotopic (exact) mass is 424 g/mol. The lowest BCUT2D eigenvalue weighted by Crippen LogP contribution is -2.50. The number of benzene rings is 2. The van der Waals surface area contributed by atoms with E-state index in [0.29, 0.717) is 31.9 Å². The summed E-state index contributed by atoms with van der Waals surface area (Å²) in [6.07, 6.45) is -4.31. The summed E-state index contributed by atoms with van der Waals surface area (Å²) in [5, 5.41) is 0. The van der Waals surface area contributed by atoms with Gasteiger partial charge in [0.15, 0.2) is 0 Å². The van der Waals surface area contributed by atoms with E-state index >= 15 is 0 Å². The number of alkyl halides is 3. The smallest absolute Gasteiger partial charge is 0.416 e. The van der Waals surface area contributed by atoms with Crippen molar-refractivity contribution < 1.29 is 31.9 Å². The van der Waals surface area contributed by atoms with Gasteiger partial charge in [-0.15, -0.1) is 0 Å². The Morgan fingerprint density at radius 1 is 0.867 bits per heavy atom. The molecule has 0 unspecified atom stereocenters. The number of amides is 2. The minimum Gasteiger partial charge on any atom is -0.493 e. The Labute approximate surface area is 170 Å². The molecule has 3 rings (SSSR count). The molecule has 1 fully saturated rings. The number of nitrogens with zero attached hydrogens (tertiary/aromatic N) is 2. The van der Waals surface area contributed by atoms with E-state index in [-0.39, 0.29) is 36.2 Å². The fourth-order valence-electron chi connectivity index (χ4n) is 3.09. The Kier molecular flexibility index (Phi) is 6.59. The Morgan fingerprint density at radius 2 is 1.43 bits per heavy atom. The molecule has 2 aromatic rings. The zero-order valence-corrected chi connectivity index (χ0v) is 16.0. The van der Waals surface area contributed by atoms with Crippen LogP contribution in [-0.2, 0) is 11.0 Å². The van der Waals surface area contributed by atoms with Crippen molar-refractivity contribution >= 4 is 11.8 Å². The summed E-state index contributed by atoms with van der Waals surface area (Å²) in [5.41, 5.74) is -0.632. The second-order valence-electron chi connectivity index (χ2n) is 6.80. The van der Waals surface area contributed by atoms with E-state index in [1.165, 1.54) is 29.2 Å². The van der Waals surface area contributed by atoms with Gasteiger partial charge in [-0.1, -0.05) is 0 Å². The molecule has 1 heterocycles. The molecule has 0 atom stereocenters. The number of hydrogen-bond donors (Lipinski definition) is 0. The van der Waals surface area contributed by atoms with Gasteiger partial charge in [-0.25, -0.2) is 4.39 Å². The molecule has 0 aromatic heterocycles. The van der Waals surface area contributed by atoms with E-state index < -0.39 is 11.7 Å². The molecule has 30 heavy (non-hydrogen) atoms. The maximum atomic E-state index is 12.9. The maximum Gasteiger partial charge on any atom is 0.416 e. The first-order chi connectivity index (χ1) is 14.2. The highest BCUT2D eigenvalue weighted by Gasteiger charge is 2.31. The highest BCUT2D eigenvalue weighted by atomic mass is 19.4. The number of carbonyl (C=O) groups is 2. The van der Waals surface area contributed by atoms with Gasteiger partial charge >= 0.3 is 6.18 Å². The summed E-state index contributed by atoms with van der Waals surface area (Å²) in [4.78, 5) is 27.9. The molecule has 2 amide bonds. The van der Waals surface area contributed by atoms with E-state index in [0.717, 1.165) is 24.3 Å². The molecule has 0 aliphatic carbocycles. The molecule has 1 saturated heterocycles. The van der Waals surface area contributed by atoms with Crippen LogP contribution < -0.4 is 4.74 Å². The second-order valence-corrected chi connectivity index (χ2v) is 6.80. The third-order valence-electron chi connectivity index (χ3n) is 4.78. The zero-order chi connectivity index (χ0) is 21.7. The van der Waals surface area contributed by atoms with E-state index in [4.69, 9.17) is 4.74 Å². The van der Waals surface area contributed by atoms with Crippen molar-refractivity contribution in [1.29, 1.82) is 0 Å². The highest BCUT2D eigenvalue weighted by Crippen LogP contribution is 2.29. The molecule has 9 heteroatoms.